The van der Waals surface area contributed by atoms with Crippen LogP contribution in [0.25, 0.3) is 22.0 Å². The van der Waals surface area contributed by atoms with Crippen molar-refractivity contribution in [2.75, 3.05) is 13.1 Å². The lowest BCUT2D eigenvalue weighted by Crippen LogP contribution is -2.35. The summed E-state index contributed by atoms with van der Waals surface area (Å²) in [6, 6.07) is 23.3. The monoisotopic (exact) mass is 413 g/mol. The maximum absolute atomic E-state index is 13.5. The average molecular weight is 413 g/mol. The first-order valence-corrected chi connectivity index (χ1v) is 10.7. The van der Waals surface area contributed by atoms with Gasteiger partial charge in [0.05, 0.1) is 10.9 Å². The van der Waals surface area contributed by atoms with Crippen LogP contribution in [0.5, 0.6) is 0 Å². The number of benzene rings is 3. The highest BCUT2D eigenvalue weighted by molar-refractivity contribution is 5.77. The highest BCUT2D eigenvalue weighted by atomic mass is 19.1. The number of hydrogen-bond donors (Lipinski definition) is 1. The van der Waals surface area contributed by atoms with Gasteiger partial charge in [0, 0.05) is 19.0 Å². The second-order valence-corrected chi connectivity index (χ2v) is 8.25. The van der Waals surface area contributed by atoms with Gasteiger partial charge in [0.1, 0.15) is 11.6 Å². The predicted molar refractivity (Wildman–Crippen MR) is 121 cm³/mol. The molecule has 2 heterocycles. The van der Waals surface area contributed by atoms with E-state index in [2.05, 4.69) is 63.4 Å². The van der Waals surface area contributed by atoms with Crippen LogP contribution in [0.1, 0.15) is 30.1 Å². The van der Waals surface area contributed by atoms with Crippen LogP contribution >= 0.6 is 0 Å². The summed E-state index contributed by atoms with van der Waals surface area (Å²) in [6.45, 7) is 2.74. The van der Waals surface area contributed by atoms with E-state index < -0.39 is 5.82 Å². The molecule has 5 rings (SSSR count). The maximum atomic E-state index is 13.5. The molecule has 1 fully saturated rings. The lowest BCUT2D eigenvalue weighted by Gasteiger charge is -2.32. The summed E-state index contributed by atoms with van der Waals surface area (Å²) in [5.41, 5.74) is 3.99. The molecule has 0 bridgehead atoms. The number of piperidine rings is 1. The molecule has 1 atom stereocenters. The van der Waals surface area contributed by atoms with Gasteiger partial charge in [-0.2, -0.15) is 0 Å². The first kappa shape index (κ1) is 19.6. The van der Waals surface area contributed by atoms with Crippen LogP contribution in [0.15, 0.2) is 77.6 Å². The zero-order valence-electron chi connectivity index (χ0n) is 17.2. The van der Waals surface area contributed by atoms with E-state index in [9.17, 15) is 9.18 Å². The minimum atomic E-state index is -0.422. The molecule has 1 saturated heterocycles. The Kier molecular flexibility index (Phi) is 5.35. The summed E-state index contributed by atoms with van der Waals surface area (Å²) >= 11 is 0. The molecule has 0 spiro atoms. The molecule has 0 saturated carbocycles. The first-order chi connectivity index (χ1) is 15.2. The molecule has 1 N–H and O–H groups in total. The van der Waals surface area contributed by atoms with Crippen molar-refractivity contribution in [1.29, 1.82) is 0 Å². The van der Waals surface area contributed by atoms with Crippen molar-refractivity contribution in [2.45, 2.75) is 25.3 Å². The van der Waals surface area contributed by atoms with Crippen molar-refractivity contribution in [2.24, 2.45) is 0 Å². The second kappa shape index (κ2) is 8.44. The fourth-order valence-electron chi connectivity index (χ4n) is 4.44. The van der Waals surface area contributed by atoms with Gasteiger partial charge in [0.2, 0.25) is 0 Å². The second-order valence-electron chi connectivity index (χ2n) is 8.25. The van der Waals surface area contributed by atoms with Crippen LogP contribution in [0.3, 0.4) is 0 Å². The van der Waals surface area contributed by atoms with Crippen molar-refractivity contribution in [3.8, 4) is 11.1 Å². The number of rotatable bonds is 4. The zero-order chi connectivity index (χ0) is 21.2. The van der Waals surface area contributed by atoms with Crippen LogP contribution in [0.4, 0.5) is 4.39 Å². The molecule has 3 aromatic carbocycles. The van der Waals surface area contributed by atoms with Crippen molar-refractivity contribution in [3.05, 3.63) is 100 Å². The fourth-order valence-corrected chi connectivity index (χ4v) is 4.44. The van der Waals surface area contributed by atoms with Crippen molar-refractivity contribution in [3.63, 3.8) is 0 Å². The topological polar surface area (TPSA) is 49.0 Å². The maximum Gasteiger partial charge on any atom is 0.258 e. The molecule has 1 aliphatic rings. The van der Waals surface area contributed by atoms with Gasteiger partial charge in [0.15, 0.2) is 0 Å². The standard InChI is InChI=1S/C26H24FN3O/c27-22-12-13-24-23(15-22)26(31)29-25(28-24)21-7-4-14-30(17-21)16-18-8-10-20(11-9-18)19-5-2-1-3-6-19/h1-3,5-6,8-13,15,21H,4,7,14,16-17H2,(H,28,29,31). The number of aromatic nitrogens is 2. The molecule has 0 amide bonds. The third-order valence-corrected chi connectivity index (χ3v) is 6.05. The van der Waals surface area contributed by atoms with E-state index in [0.29, 0.717) is 16.7 Å². The highest BCUT2D eigenvalue weighted by Crippen LogP contribution is 2.27. The number of fused-ring (bicyclic) bond motifs is 1. The van der Waals surface area contributed by atoms with Crippen molar-refractivity contribution >= 4 is 10.9 Å². The minimum absolute atomic E-state index is 0.166. The molecule has 4 nitrogen and oxygen atoms in total. The van der Waals surface area contributed by atoms with E-state index in [0.717, 1.165) is 32.5 Å². The number of hydrogen-bond acceptors (Lipinski definition) is 3. The third kappa shape index (κ3) is 4.28. The predicted octanol–water partition coefficient (Wildman–Crippen LogP) is 5.11. The van der Waals surface area contributed by atoms with Gasteiger partial charge >= 0.3 is 0 Å². The normalized spacial score (nSPS) is 17.1. The van der Waals surface area contributed by atoms with Gasteiger partial charge in [-0.15, -0.1) is 0 Å². The number of nitrogens with zero attached hydrogens (tertiary/aromatic N) is 2. The molecule has 31 heavy (non-hydrogen) atoms. The first-order valence-electron chi connectivity index (χ1n) is 10.7. The van der Waals surface area contributed by atoms with E-state index in [1.54, 1.807) is 6.07 Å². The van der Waals surface area contributed by atoms with Gasteiger partial charge in [-0.1, -0.05) is 54.6 Å². The summed E-state index contributed by atoms with van der Waals surface area (Å²) in [5.74, 6) is 0.447. The lowest BCUT2D eigenvalue weighted by molar-refractivity contribution is 0.196. The Morgan fingerprint density at radius 2 is 1.77 bits per heavy atom. The Labute approximate surface area is 180 Å². The Bertz CT molecular complexity index is 1250. The molecule has 4 aromatic rings. The molecule has 0 aliphatic carbocycles. The number of likely N-dealkylation sites (tertiary alicyclic amines) is 1. The average Bonchev–Trinajstić information content (AvgIpc) is 2.81. The number of H-pyrrole nitrogens is 1. The van der Waals surface area contributed by atoms with Gasteiger partial charge in [-0.25, -0.2) is 9.37 Å². The van der Waals surface area contributed by atoms with Gasteiger partial charge in [0.25, 0.3) is 5.56 Å². The summed E-state index contributed by atoms with van der Waals surface area (Å²) in [4.78, 5) is 22.4. The van der Waals surface area contributed by atoms with Crippen molar-refractivity contribution < 1.29 is 4.39 Å². The van der Waals surface area contributed by atoms with Crippen LogP contribution in [-0.2, 0) is 6.54 Å². The van der Waals surface area contributed by atoms with E-state index in [1.165, 1.54) is 28.8 Å². The third-order valence-electron chi connectivity index (χ3n) is 6.05. The van der Waals surface area contributed by atoms with Gasteiger partial charge in [-0.05, 0) is 54.3 Å². The Morgan fingerprint density at radius 3 is 2.58 bits per heavy atom. The number of halogens is 1. The molecule has 1 aromatic heterocycles. The molecule has 1 aliphatic heterocycles. The summed E-state index contributed by atoms with van der Waals surface area (Å²) in [5, 5.41) is 0.301. The van der Waals surface area contributed by atoms with Gasteiger partial charge < -0.3 is 4.98 Å². The van der Waals surface area contributed by atoms with Crippen molar-refractivity contribution in [1.82, 2.24) is 14.9 Å². The molecular weight excluding hydrogens is 389 g/mol. The number of nitrogens with one attached hydrogen (secondary N) is 1. The Morgan fingerprint density at radius 1 is 1.00 bits per heavy atom. The van der Waals surface area contributed by atoms with E-state index >= 15 is 0 Å². The SMILES string of the molecule is O=c1[nH]c(C2CCCN(Cc3ccc(-c4ccccc4)cc3)C2)nc2ccc(F)cc12. The van der Waals surface area contributed by atoms with E-state index in [-0.39, 0.29) is 11.5 Å². The van der Waals surface area contributed by atoms with Crippen LogP contribution in [0, 0.1) is 5.82 Å². The van der Waals surface area contributed by atoms with Crippen LogP contribution in [-0.4, -0.2) is 28.0 Å². The lowest BCUT2D eigenvalue weighted by atomic mass is 9.96. The highest BCUT2D eigenvalue weighted by Gasteiger charge is 2.24. The zero-order valence-corrected chi connectivity index (χ0v) is 17.2. The molecule has 5 heteroatoms. The Hall–Kier alpha value is -3.31. The summed E-state index contributed by atoms with van der Waals surface area (Å²) in [7, 11) is 0. The number of aromatic amines is 1. The largest absolute Gasteiger partial charge is 0.310 e. The van der Waals surface area contributed by atoms with Gasteiger partial charge in [-0.3, -0.25) is 9.69 Å². The summed E-state index contributed by atoms with van der Waals surface area (Å²) < 4.78 is 13.5. The van der Waals surface area contributed by atoms with E-state index in [1.807, 2.05) is 6.07 Å². The van der Waals surface area contributed by atoms with Crippen LogP contribution < -0.4 is 5.56 Å². The molecule has 1 unspecified atom stereocenters. The Balaban J connectivity index is 1.31. The fraction of sp³-hybridized carbons (Fsp3) is 0.231. The minimum Gasteiger partial charge on any atom is -0.310 e. The quantitative estimate of drug-likeness (QED) is 0.506. The summed E-state index contributed by atoms with van der Waals surface area (Å²) in [6.07, 6.45) is 2.04. The van der Waals surface area contributed by atoms with E-state index in [4.69, 9.17) is 0 Å². The smallest absolute Gasteiger partial charge is 0.258 e. The molecule has 156 valence electrons. The van der Waals surface area contributed by atoms with Crippen LogP contribution in [0.2, 0.25) is 0 Å². The molecule has 0 radical (unpaired) electrons. The molecular formula is C26H24FN3O.